The molecular formula is C26H31N7O. The number of anilines is 3. The van der Waals surface area contributed by atoms with Crippen molar-refractivity contribution in [3.05, 3.63) is 77.5 Å². The smallest absolute Gasteiger partial charge is 0.213 e. The van der Waals surface area contributed by atoms with Crippen molar-refractivity contribution in [3.8, 4) is 5.88 Å². The summed E-state index contributed by atoms with van der Waals surface area (Å²) in [6.07, 6.45) is 8.77. The number of nitrogens with two attached hydrogens (primary N) is 1. The molecule has 3 aromatic rings. The van der Waals surface area contributed by atoms with Gasteiger partial charge in [-0.2, -0.15) is 0 Å². The van der Waals surface area contributed by atoms with Crippen LogP contribution in [0.2, 0.25) is 0 Å². The van der Waals surface area contributed by atoms with Crippen molar-refractivity contribution < 1.29 is 4.74 Å². The van der Waals surface area contributed by atoms with Crippen molar-refractivity contribution in [2.75, 3.05) is 30.2 Å². The summed E-state index contributed by atoms with van der Waals surface area (Å²) in [7, 11) is 1.63. The number of nitrogens with zero attached hydrogens (tertiary/aromatic N) is 2. The van der Waals surface area contributed by atoms with Crippen molar-refractivity contribution in [1.29, 1.82) is 0 Å². The molecule has 1 aliphatic carbocycles. The van der Waals surface area contributed by atoms with E-state index in [2.05, 4.69) is 68.1 Å². The molecule has 8 heteroatoms. The Labute approximate surface area is 200 Å². The Balaban J connectivity index is 1.34. The Hall–Kier alpha value is -3.62. The number of nitrogen functional groups attached to an aromatic ring is 1. The van der Waals surface area contributed by atoms with Gasteiger partial charge in [-0.05, 0) is 60.4 Å². The van der Waals surface area contributed by atoms with E-state index in [1.165, 1.54) is 31.2 Å². The average Bonchev–Trinajstić information content (AvgIpc) is 3.36. The minimum atomic E-state index is 0.450. The molecule has 0 saturated heterocycles. The number of rotatable bonds is 7. The molecular weight excluding hydrogens is 426 g/mol. The molecule has 2 aliphatic rings. The minimum absolute atomic E-state index is 0.450. The van der Waals surface area contributed by atoms with Crippen molar-refractivity contribution in [2.24, 2.45) is 0 Å². The van der Waals surface area contributed by atoms with Gasteiger partial charge in [-0.25, -0.2) is 9.97 Å². The lowest BCUT2D eigenvalue weighted by molar-refractivity contribution is 0.351. The third kappa shape index (κ3) is 4.83. The molecule has 3 heterocycles. The topological polar surface area (TPSA) is 109 Å². The Bertz CT molecular complexity index is 1160. The van der Waals surface area contributed by atoms with Crippen LogP contribution in [0.25, 0.3) is 5.57 Å². The lowest BCUT2D eigenvalue weighted by Crippen LogP contribution is -2.32. The largest absolute Gasteiger partial charge is 0.481 e. The van der Waals surface area contributed by atoms with Crippen LogP contribution in [0, 0.1) is 0 Å². The number of ether oxygens (including phenoxy) is 1. The Morgan fingerprint density at radius 2 is 1.94 bits per heavy atom. The molecule has 0 radical (unpaired) electrons. The fourth-order valence-electron chi connectivity index (χ4n) is 4.90. The van der Waals surface area contributed by atoms with Crippen LogP contribution >= 0.6 is 0 Å². The maximum atomic E-state index is 6.12. The van der Waals surface area contributed by atoms with Crippen LogP contribution in [0.5, 0.6) is 5.88 Å². The summed E-state index contributed by atoms with van der Waals surface area (Å²) in [6, 6.07) is 17.2. The fourth-order valence-corrected chi connectivity index (χ4v) is 4.90. The van der Waals surface area contributed by atoms with E-state index < -0.39 is 0 Å². The average molecular weight is 458 g/mol. The number of hydrogen-bond donors (Lipinski definition) is 5. The van der Waals surface area contributed by atoms with Crippen LogP contribution in [-0.2, 0) is 0 Å². The molecule has 1 fully saturated rings. The Kier molecular flexibility index (Phi) is 6.60. The highest BCUT2D eigenvalue weighted by Crippen LogP contribution is 2.37. The SMILES string of the molecule is COc1cc(/C(=C\CNC2CCC(c3ccccc3)CC2)c2cc(N)nc3c2NNN3)ccn1. The number of aromatic nitrogens is 2. The molecule has 176 valence electrons. The number of fused-ring (bicyclic) bond motifs is 1. The zero-order valence-electron chi connectivity index (χ0n) is 19.3. The third-order valence-electron chi connectivity index (χ3n) is 6.66. The lowest BCUT2D eigenvalue weighted by atomic mass is 9.82. The van der Waals surface area contributed by atoms with Gasteiger partial charge in [0.05, 0.1) is 7.11 Å². The molecule has 1 saturated carbocycles. The first-order chi connectivity index (χ1) is 16.7. The van der Waals surface area contributed by atoms with Gasteiger partial charge in [-0.3, -0.25) is 10.9 Å². The second kappa shape index (κ2) is 10.1. The predicted octanol–water partition coefficient (Wildman–Crippen LogP) is 4.07. The van der Waals surface area contributed by atoms with Gasteiger partial charge in [0.25, 0.3) is 0 Å². The molecule has 5 rings (SSSR count). The molecule has 1 aliphatic heterocycles. The summed E-state index contributed by atoms with van der Waals surface area (Å²) in [5.41, 5.74) is 20.5. The zero-order valence-corrected chi connectivity index (χ0v) is 19.3. The molecule has 0 atom stereocenters. The molecule has 0 amide bonds. The van der Waals surface area contributed by atoms with Gasteiger partial charge < -0.3 is 15.8 Å². The second-order valence-electron chi connectivity index (χ2n) is 8.77. The first-order valence-electron chi connectivity index (χ1n) is 11.8. The van der Waals surface area contributed by atoms with E-state index in [9.17, 15) is 0 Å². The van der Waals surface area contributed by atoms with Crippen molar-refractivity contribution in [3.63, 3.8) is 0 Å². The van der Waals surface area contributed by atoms with Gasteiger partial charge in [-0.15, -0.1) is 5.53 Å². The van der Waals surface area contributed by atoms with Crippen LogP contribution < -0.4 is 32.2 Å². The highest BCUT2D eigenvalue weighted by Gasteiger charge is 2.23. The molecule has 0 unspecified atom stereocenters. The zero-order chi connectivity index (χ0) is 23.3. The van der Waals surface area contributed by atoms with E-state index in [1.807, 2.05) is 18.2 Å². The molecule has 1 aromatic carbocycles. The number of hydrazine groups is 2. The Morgan fingerprint density at radius 3 is 2.74 bits per heavy atom. The second-order valence-corrected chi connectivity index (χ2v) is 8.77. The van der Waals surface area contributed by atoms with E-state index >= 15 is 0 Å². The van der Waals surface area contributed by atoms with Crippen molar-refractivity contribution in [2.45, 2.75) is 37.6 Å². The standard InChI is InChI=1S/C26H31N7O/c1-34-24-15-19(11-13-29-24)21(22-16-23(27)30-26-25(22)31-33-32-26)12-14-28-20-9-7-18(8-10-20)17-5-3-2-4-6-17/h2-6,11-13,15-16,18,20,28,31,33H,7-10,14H2,1H3,(H3,27,30,32)/b21-12+. The predicted molar refractivity (Wildman–Crippen MR) is 136 cm³/mol. The van der Waals surface area contributed by atoms with Gasteiger partial charge in [0.1, 0.15) is 11.5 Å². The summed E-state index contributed by atoms with van der Waals surface area (Å²) >= 11 is 0. The van der Waals surface area contributed by atoms with E-state index in [0.717, 1.165) is 28.9 Å². The highest BCUT2D eigenvalue weighted by molar-refractivity contribution is 5.92. The van der Waals surface area contributed by atoms with Crippen LogP contribution in [0.4, 0.5) is 17.3 Å². The van der Waals surface area contributed by atoms with Gasteiger partial charge in [0.15, 0.2) is 5.82 Å². The van der Waals surface area contributed by atoms with Gasteiger partial charge >= 0.3 is 0 Å². The third-order valence-corrected chi connectivity index (χ3v) is 6.66. The summed E-state index contributed by atoms with van der Waals surface area (Å²) in [5.74, 6) is 2.36. The molecule has 0 bridgehead atoms. The number of benzene rings is 1. The van der Waals surface area contributed by atoms with Crippen LogP contribution in [0.15, 0.2) is 60.8 Å². The fraction of sp³-hybridized carbons (Fsp3) is 0.308. The van der Waals surface area contributed by atoms with E-state index in [1.54, 1.807) is 13.3 Å². The van der Waals surface area contributed by atoms with Gasteiger partial charge in [0, 0.05) is 30.4 Å². The first-order valence-corrected chi connectivity index (χ1v) is 11.8. The van der Waals surface area contributed by atoms with Gasteiger partial charge in [0.2, 0.25) is 5.88 Å². The van der Waals surface area contributed by atoms with Gasteiger partial charge in [-0.1, -0.05) is 36.4 Å². The van der Waals surface area contributed by atoms with E-state index in [-0.39, 0.29) is 0 Å². The monoisotopic (exact) mass is 457 g/mol. The van der Waals surface area contributed by atoms with Crippen LogP contribution in [0.3, 0.4) is 0 Å². The maximum absolute atomic E-state index is 6.12. The summed E-state index contributed by atoms with van der Waals surface area (Å²) in [6.45, 7) is 0.749. The summed E-state index contributed by atoms with van der Waals surface area (Å²) < 4.78 is 5.37. The molecule has 8 nitrogen and oxygen atoms in total. The van der Waals surface area contributed by atoms with Crippen LogP contribution in [-0.4, -0.2) is 29.7 Å². The number of methoxy groups -OCH3 is 1. The maximum Gasteiger partial charge on any atom is 0.213 e. The molecule has 34 heavy (non-hydrogen) atoms. The molecule has 0 spiro atoms. The minimum Gasteiger partial charge on any atom is -0.481 e. The normalized spacial score (nSPS) is 19.7. The van der Waals surface area contributed by atoms with Crippen molar-refractivity contribution >= 4 is 22.9 Å². The van der Waals surface area contributed by atoms with E-state index in [0.29, 0.717) is 29.5 Å². The van der Waals surface area contributed by atoms with Crippen molar-refractivity contribution in [1.82, 2.24) is 20.8 Å². The number of nitrogens with one attached hydrogen (secondary N) is 4. The number of hydrogen-bond acceptors (Lipinski definition) is 8. The van der Waals surface area contributed by atoms with E-state index in [4.69, 9.17) is 10.5 Å². The molecule has 2 aromatic heterocycles. The Morgan fingerprint density at radius 1 is 1.12 bits per heavy atom. The quantitative estimate of drug-likeness (QED) is 0.361. The summed E-state index contributed by atoms with van der Waals surface area (Å²) in [5, 5.41) is 3.75. The molecule has 6 N–H and O–H groups in total. The highest BCUT2D eigenvalue weighted by atomic mass is 16.5. The summed E-state index contributed by atoms with van der Waals surface area (Å²) in [4.78, 5) is 8.64. The lowest BCUT2D eigenvalue weighted by Gasteiger charge is -2.29. The first kappa shape index (κ1) is 22.2. The number of pyridine rings is 2. The van der Waals surface area contributed by atoms with Crippen LogP contribution in [0.1, 0.15) is 48.3 Å².